The molecule has 4 nitrogen and oxygen atoms in total. The maximum absolute atomic E-state index is 11.8. The summed E-state index contributed by atoms with van der Waals surface area (Å²) in [6.07, 6.45) is 5.95. The summed E-state index contributed by atoms with van der Waals surface area (Å²) in [6.45, 7) is 2.38. The van der Waals surface area contributed by atoms with Crippen LogP contribution in [0, 0.1) is 0 Å². The first-order valence-electron chi connectivity index (χ1n) is 7.11. The molecule has 0 bridgehead atoms. The van der Waals surface area contributed by atoms with Gasteiger partial charge in [0.2, 0.25) is 0 Å². The van der Waals surface area contributed by atoms with Crippen LogP contribution in [0.2, 0.25) is 0 Å². The van der Waals surface area contributed by atoms with Gasteiger partial charge in [-0.15, -0.1) is 11.3 Å². The summed E-state index contributed by atoms with van der Waals surface area (Å²) >= 11 is 1.53. The molecule has 3 rings (SSSR count). The Kier molecular flexibility index (Phi) is 3.68. The van der Waals surface area contributed by atoms with Crippen molar-refractivity contribution >= 4 is 27.8 Å². The standard InChI is InChI=1S/C16H19N3OS/c1-10(20)15-14(17)13(12-3-4-12)16(21-15)19(2)9-11-5-7-18-8-6-11/h5-8,12H,3-4,9,17H2,1-2H3. The Morgan fingerprint density at radius 3 is 2.67 bits per heavy atom. The van der Waals surface area contributed by atoms with Gasteiger partial charge < -0.3 is 10.6 Å². The van der Waals surface area contributed by atoms with E-state index in [4.69, 9.17) is 5.73 Å². The van der Waals surface area contributed by atoms with Gasteiger partial charge in [-0.25, -0.2) is 0 Å². The highest BCUT2D eigenvalue weighted by molar-refractivity contribution is 7.18. The first-order valence-corrected chi connectivity index (χ1v) is 7.92. The quantitative estimate of drug-likeness (QED) is 0.859. The van der Waals surface area contributed by atoms with Gasteiger partial charge in [0.25, 0.3) is 0 Å². The summed E-state index contributed by atoms with van der Waals surface area (Å²) in [6, 6.07) is 4.02. The van der Waals surface area contributed by atoms with Crippen molar-refractivity contribution < 1.29 is 4.79 Å². The fourth-order valence-electron chi connectivity index (χ4n) is 2.59. The van der Waals surface area contributed by atoms with E-state index in [2.05, 4.69) is 16.9 Å². The molecule has 1 fully saturated rings. The summed E-state index contributed by atoms with van der Waals surface area (Å²) in [5.41, 5.74) is 9.31. The molecule has 0 aliphatic heterocycles. The Bertz CT molecular complexity index is 662. The van der Waals surface area contributed by atoms with Crippen LogP contribution in [0.15, 0.2) is 24.5 Å². The maximum atomic E-state index is 11.8. The fraction of sp³-hybridized carbons (Fsp3) is 0.375. The number of hydrogen-bond acceptors (Lipinski definition) is 5. The average molecular weight is 301 g/mol. The Hall–Kier alpha value is -1.88. The highest BCUT2D eigenvalue weighted by Crippen LogP contribution is 2.52. The van der Waals surface area contributed by atoms with E-state index >= 15 is 0 Å². The molecule has 110 valence electrons. The number of aromatic nitrogens is 1. The zero-order chi connectivity index (χ0) is 15.0. The third-order valence-corrected chi connectivity index (χ3v) is 5.22. The highest BCUT2D eigenvalue weighted by Gasteiger charge is 2.33. The number of nitrogen functional groups attached to an aromatic ring is 1. The first-order chi connectivity index (χ1) is 10.1. The van der Waals surface area contributed by atoms with E-state index in [1.165, 1.54) is 35.3 Å². The molecular formula is C16H19N3OS. The monoisotopic (exact) mass is 301 g/mol. The molecule has 2 aromatic rings. The number of Topliss-reactive ketones (excluding diaryl/α,β-unsaturated/α-hetero) is 1. The SMILES string of the molecule is CC(=O)c1sc(N(C)Cc2ccncc2)c(C2CC2)c1N. The first kappa shape index (κ1) is 14.1. The largest absolute Gasteiger partial charge is 0.397 e. The van der Waals surface area contributed by atoms with E-state index in [0.717, 1.165) is 11.5 Å². The summed E-state index contributed by atoms with van der Waals surface area (Å²) < 4.78 is 0. The van der Waals surface area contributed by atoms with Crippen LogP contribution in [-0.4, -0.2) is 17.8 Å². The van der Waals surface area contributed by atoms with Crippen molar-refractivity contribution in [2.75, 3.05) is 17.7 Å². The third-order valence-electron chi connectivity index (χ3n) is 3.79. The van der Waals surface area contributed by atoms with Crippen LogP contribution in [0.4, 0.5) is 10.7 Å². The number of nitrogens with zero attached hydrogens (tertiary/aromatic N) is 2. The number of ketones is 1. The number of pyridine rings is 1. The van der Waals surface area contributed by atoms with E-state index in [-0.39, 0.29) is 5.78 Å². The van der Waals surface area contributed by atoms with Crippen molar-refractivity contribution in [3.05, 3.63) is 40.5 Å². The van der Waals surface area contributed by atoms with Crippen LogP contribution in [0.1, 0.15) is 46.5 Å². The number of thiophene rings is 1. The fourth-order valence-corrected chi connectivity index (χ4v) is 3.75. The minimum Gasteiger partial charge on any atom is -0.397 e. The van der Waals surface area contributed by atoms with E-state index in [9.17, 15) is 4.79 Å². The zero-order valence-electron chi connectivity index (χ0n) is 12.3. The third kappa shape index (κ3) is 2.78. The molecule has 0 spiro atoms. The molecule has 0 aromatic carbocycles. The number of nitrogens with two attached hydrogens (primary N) is 1. The Morgan fingerprint density at radius 2 is 2.10 bits per heavy atom. The molecular weight excluding hydrogens is 282 g/mol. The van der Waals surface area contributed by atoms with Gasteiger partial charge in [-0.2, -0.15) is 0 Å². The molecule has 2 N–H and O–H groups in total. The van der Waals surface area contributed by atoms with Crippen molar-refractivity contribution in [3.8, 4) is 0 Å². The van der Waals surface area contributed by atoms with E-state index in [1.54, 1.807) is 19.3 Å². The molecule has 1 aliphatic carbocycles. The van der Waals surface area contributed by atoms with Gasteiger partial charge in [0, 0.05) is 38.5 Å². The number of hydrogen-bond donors (Lipinski definition) is 1. The lowest BCUT2D eigenvalue weighted by Crippen LogP contribution is -2.16. The Labute approximate surface area is 128 Å². The molecule has 0 radical (unpaired) electrons. The second-order valence-electron chi connectivity index (χ2n) is 5.61. The summed E-state index contributed by atoms with van der Waals surface area (Å²) in [4.78, 5) is 18.7. The van der Waals surface area contributed by atoms with Gasteiger partial charge >= 0.3 is 0 Å². The van der Waals surface area contributed by atoms with Crippen molar-refractivity contribution in [2.45, 2.75) is 32.2 Å². The number of carbonyl (C=O) groups is 1. The summed E-state index contributed by atoms with van der Waals surface area (Å²) in [5.74, 6) is 0.590. The Morgan fingerprint density at radius 1 is 1.43 bits per heavy atom. The van der Waals surface area contributed by atoms with Gasteiger partial charge in [0.1, 0.15) is 0 Å². The van der Waals surface area contributed by atoms with Crippen molar-refractivity contribution in [2.24, 2.45) is 0 Å². The molecule has 0 saturated heterocycles. The minimum atomic E-state index is 0.0583. The summed E-state index contributed by atoms with van der Waals surface area (Å²) in [5, 5.41) is 1.14. The van der Waals surface area contributed by atoms with Crippen LogP contribution < -0.4 is 10.6 Å². The topological polar surface area (TPSA) is 59.2 Å². The van der Waals surface area contributed by atoms with E-state index < -0.39 is 0 Å². The molecule has 0 amide bonds. The number of rotatable bonds is 5. The molecule has 0 unspecified atom stereocenters. The predicted octanol–water partition coefficient (Wildman–Crippen LogP) is 3.44. The van der Waals surface area contributed by atoms with E-state index in [1.807, 2.05) is 12.1 Å². The van der Waals surface area contributed by atoms with Crippen LogP contribution in [0.5, 0.6) is 0 Å². The lowest BCUT2D eigenvalue weighted by Gasteiger charge is -2.19. The van der Waals surface area contributed by atoms with Crippen LogP contribution in [-0.2, 0) is 6.54 Å². The molecule has 2 aromatic heterocycles. The molecule has 21 heavy (non-hydrogen) atoms. The smallest absolute Gasteiger partial charge is 0.171 e. The van der Waals surface area contributed by atoms with Gasteiger partial charge in [0.05, 0.1) is 15.6 Å². The zero-order valence-corrected chi connectivity index (χ0v) is 13.1. The van der Waals surface area contributed by atoms with Crippen LogP contribution >= 0.6 is 11.3 Å². The molecule has 1 saturated carbocycles. The molecule has 2 heterocycles. The maximum Gasteiger partial charge on any atom is 0.171 e. The van der Waals surface area contributed by atoms with Crippen LogP contribution in [0.25, 0.3) is 0 Å². The molecule has 0 atom stereocenters. The number of anilines is 2. The minimum absolute atomic E-state index is 0.0583. The highest BCUT2D eigenvalue weighted by atomic mass is 32.1. The van der Waals surface area contributed by atoms with Gasteiger partial charge in [-0.3, -0.25) is 9.78 Å². The van der Waals surface area contributed by atoms with Gasteiger partial charge in [-0.1, -0.05) is 0 Å². The average Bonchev–Trinajstić information content (AvgIpc) is 3.22. The van der Waals surface area contributed by atoms with Crippen molar-refractivity contribution in [3.63, 3.8) is 0 Å². The second kappa shape index (κ2) is 5.48. The van der Waals surface area contributed by atoms with Crippen molar-refractivity contribution in [1.29, 1.82) is 0 Å². The lowest BCUT2D eigenvalue weighted by atomic mass is 10.1. The van der Waals surface area contributed by atoms with Gasteiger partial charge in [0.15, 0.2) is 5.78 Å². The normalized spacial score (nSPS) is 14.2. The van der Waals surface area contributed by atoms with Gasteiger partial charge in [-0.05, 0) is 36.5 Å². The predicted molar refractivity (Wildman–Crippen MR) is 87.1 cm³/mol. The lowest BCUT2D eigenvalue weighted by molar-refractivity contribution is 0.102. The van der Waals surface area contributed by atoms with Crippen LogP contribution in [0.3, 0.4) is 0 Å². The van der Waals surface area contributed by atoms with E-state index in [0.29, 0.717) is 16.5 Å². The second-order valence-corrected chi connectivity index (χ2v) is 6.60. The molecule has 5 heteroatoms. The molecule has 1 aliphatic rings. The summed E-state index contributed by atoms with van der Waals surface area (Å²) in [7, 11) is 2.06. The number of carbonyl (C=O) groups excluding carboxylic acids is 1. The van der Waals surface area contributed by atoms with Crippen molar-refractivity contribution in [1.82, 2.24) is 4.98 Å². The Balaban J connectivity index is 1.93.